The van der Waals surface area contributed by atoms with Gasteiger partial charge in [0.25, 0.3) is 0 Å². The number of hydrogen-bond donors (Lipinski definition) is 0. The number of aromatic nitrogens is 1. The van der Waals surface area contributed by atoms with Crippen LogP contribution in [0.2, 0.25) is 5.02 Å². The van der Waals surface area contributed by atoms with Gasteiger partial charge in [-0.1, -0.05) is 30.9 Å². The zero-order chi connectivity index (χ0) is 13.2. The molecule has 19 heavy (non-hydrogen) atoms. The summed E-state index contributed by atoms with van der Waals surface area (Å²) in [4.78, 5) is 4.80. The second-order valence-electron chi connectivity index (χ2n) is 5.25. The van der Waals surface area contributed by atoms with Crippen LogP contribution in [0.1, 0.15) is 43.7 Å². The SMILES string of the molecule is COc1ccc2nc(C3CCCCC3)cc(Cl)c2c1. The molecule has 0 aliphatic heterocycles. The molecule has 1 aliphatic carbocycles. The first-order valence-corrected chi connectivity index (χ1v) is 7.30. The second kappa shape index (κ2) is 5.38. The molecule has 0 spiro atoms. The number of benzene rings is 1. The fourth-order valence-corrected chi connectivity index (χ4v) is 3.18. The van der Waals surface area contributed by atoms with Crippen LogP contribution in [0.5, 0.6) is 5.75 Å². The van der Waals surface area contributed by atoms with Crippen LogP contribution in [0.15, 0.2) is 24.3 Å². The van der Waals surface area contributed by atoms with Crippen molar-refractivity contribution in [2.45, 2.75) is 38.0 Å². The van der Waals surface area contributed by atoms with Crippen LogP contribution in [0, 0.1) is 0 Å². The van der Waals surface area contributed by atoms with Gasteiger partial charge >= 0.3 is 0 Å². The Kier molecular flexibility index (Phi) is 3.61. The van der Waals surface area contributed by atoms with Gasteiger partial charge in [0.2, 0.25) is 0 Å². The Hall–Kier alpha value is -1.28. The van der Waals surface area contributed by atoms with E-state index in [1.807, 2.05) is 24.3 Å². The fraction of sp³-hybridized carbons (Fsp3) is 0.438. The third kappa shape index (κ3) is 2.55. The molecule has 0 atom stereocenters. The van der Waals surface area contributed by atoms with Gasteiger partial charge in [-0.25, -0.2) is 0 Å². The highest BCUT2D eigenvalue weighted by molar-refractivity contribution is 6.35. The number of fused-ring (bicyclic) bond motifs is 1. The van der Waals surface area contributed by atoms with Crippen molar-refractivity contribution in [1.29, 1.82) is 0 Å². The van der Waals surface area contributed by atoms with E-state index in [0.29, 0.717) is 5.92 Å². The molecule has 2 aromatic rings. The van der Waals surface area contributed by atoms with Gasteiger partial charge in [-0.05, 0) is 37.1 Å². The maximum absolute atomic E-state index is 6.41. The summed E-state index contributed by atoms with van der Waals surface area (Å²) < 4.78 is 5.24. The van der Waals surface area contributed by atoms with Gasteiger partial charge < -0.3 is 4.74 Å². The lowest BCUT2D eigenvalue weighted by Crippen LogP contribution is -2.06. The molecular weight excluding hydrogens is 258 g/mol. The molecule has 0 unspecified atom stereocenters. The Bertz CT molecular complexity index is 591. The highest BCUT2D eigenvalue weighted by atomic mass is 35.5. The number of pyridine rings is 1. The van der Waals surface area contributed by atoms with E-state index >= 15 is 0 Å². The second-order valence-corrected chi connectivity index (χ2v) is 5.65. The first kappa shape index (κ1) is 12.7. The highest BCUT2D eigenvalue weighted by Crippen LogP contribution is 2.35. The van der Waals surface area contributed by atoms with E-state index < -0.39 is 0 Å². The first-order chi connectivity index (χ1) is 9.28. The molecular formula is C16H18ClNO. The van der Waals surface area contributed by atoms with Gasteiger partial charge in [-0.3, -0.25) is 4.98 Å². The Labute approximate surface area is 118 Å². The predicted molar refractivity (Wildman–Crippen MR) is 79.1 cm³/mol. The van der Waals surface area contributed by atoms with Gasteiger partial charge in [0.05, 0.1) is 17.6 Å². The summed E-state index contributed by atoms with van der Waals surface area (Å²) in [6.07, 6.45) is 6.46. The lowest BCUT2D eigenvalue weighted by molar-refractivity contribution is 0.415. The summed E-state index contributed by atoms with van der Waals surface area (Å²) in [5.74, 6) is 1.40. The Morgan fingerprint density at radius 3 is 2.68 bits per heavy atom. The van der Waals surface area contributed by atoms with Crippen LogP contribution in [0.25, 0.3) is 10.9 Å². The highest BCUT2D eigenvalue weighted by Gasteiger charge is 2.18. The molecule has 100 valence electrons. The quantitative estimate of drug-likeness (QED) is 0.774. The standard InChI is InChI=1S/C16H18ClNO/c1-19-12-7-8-15-13(9-12)14(17)10-16(18-15)11-5-3-2-4-6-11/h7-11H,2-6H2,1H3. The molecule has 2 nitrogen and oxygen atoms in total. The molecule has 1 aromatic heterocycles. The summed E-state index contributed by atoms with van der Waals surface area (Å²) in [5.41, 5.74) is 2.12. The van der Waals surface area contributed by atoms with E-state index in [2.05, 4.69) is 0 Å². The maximum Gasteiger partial charge on any atom is 0.119 e. The molecule has 3 heteroatoms. The van der Waals surface area contributed by atoms with Crippen molar-refractivity contribution >= 4 is 22.5 Å². The Morgan fingerprint density at radius 2 is 1.95 bits per heavy atom. The van der Waals surface area contributed by atoms with Crippen molar-refractivity contribution in [3.05, 3.63) is 35.0 Å². The monoisotopic (exact) mass is 275 g/mol. The largest absolute Gasteiger partial charge is 0.497 e. The van der Waals surface area contributed by atoms with E-state index in [-0.39, 0.29) is 0 Å². The molecule has 1 aromatic carbocycles. The lowest BCUT2D eigenvalue weighted by Gasteiger charge is -2.21. The van der Waals surface area contributed by atoms with E-state index in [4.69, 9.17) is 21.3 Å². The molecule has 1 heterocycles. The predicted octanol–water partition coefficient (Wildman–Crippen LogP) is 4.94. The third-order valence-electron chi connectivity index (χ3n) is 4.01. The summed E-state index contributed by atoms with van der Waals surface area (Å²) in [6, 6.07) is 7.93. The zero-order valence-electron chi connectivity index (χ0n) is 11.2. The molecule has 0 radical (unpaired) electrons. The fourth-order valence-electron chi connectivity index (χ4n) is 2.92. The number of hydrogen-bond acceptors (Lipinski definition) is 2. The van der Waals surface area contributed by atoms with Crippen molar-refractivity contribution in [1.82, 2.24) is 4.98 Å². The number of nitrogens with zero attached hydrogens (tertiary/aromatic N) is 1. The van der Waals surface area contributed by atoms with Gasteiger partial charge in [-0.2, -0.15) is 0 Å². The maximum atomic E-state index is 6.41. The van der Waals surface area contributed by atoms with Crippen molar-refractivity contribution in [2.75, 3.05) is 7.11 Å². The van der Waals surface area contributed by atoms with Crippen molar-refractivity contribution in [3.63, 3.8) is 0 Å². The third-order valence-corrected chi connectivity index (χ3v) is 4.32. The van der Waals surface area contributed by atoms with Crippen LogP contribution in [0.3, 0.4) is 0 Å². The molecule has 3 rings (SSSR count). The van der Waals surface area contributed by atoms with Gasteiger partial charge in [0, 0.05) is 17.0 Å². The molecule has 1 saturated carbocycles. The van der Waals surface area contributed by atoms with Crippen molar-refractivity contribution in [2.24, 2.45) is 0 Å². The number of methoxy groups -OCH3 is 1. The van der Waals surface area contributed by atoms with E-state index in [0.717, 1.165) is 27.4 Å². The minimum Gasteiger partial charge on any atom is -0.497 e. The number of halogens is 1. The van der Waals surface area contributed by atoms with E-state index in [9.17, 15) is 0 Å². The molecule has 1 aliphatic rings. The average molecular weight is 276 g/mol. The molecule has 0 amide bonds. The van der Waals surface area contributed by atoms with Crippen LogP contribution >= 0.6 is 11.6 Å². The van der Waals surface area contributed by atoms with E-state index in [1.54, 1.807) is 7.11 Å². The normalized spacial score (nSPS) is 16.7. The minimum absolute atomic E-state index is 0.581. The smallest absolute Gasteiger partial charge is 0.119 e. The van der Waals surface area contributed by atoms with Crippen molar-refractivity contribution in [3.8, 4) is 5.75 Å². The van der Waals surface area contributed by atoms with Crippen LogP contribution in [-0.2, 0) is 0 Å². The summed E-state index contributed by atoms with van der Waals surface area (Å²) >= 11 is 6.41. The molecule has 0 N–H and O–H groups in total. The Morgan fingerprint density at radius 1 is 1.16 bits per heavy atom. The average Bonchev–Trinajstić information content (AvgIpc) is 2.48. The minimum atomic E-state index is 0.581. The Balaban J connectivity index is 2.03. The topological polar surface area (TPSA) is 22.1 Å². The lowest BCUT2D eigenvalue weighted by atomic mass is 9.86. The van der Waals surface area contributed by atoms with Crippen LogP contribution in [0.4, 0.5) is 0 Å². The van der Waals surface area contributed by atoms with Gasteiger partial charge in [0.15, 0.2) is 0 Å². The zero-order valence-corrected chi connectivity index (χ0v) is 11.9. The molecule has 0 saturated heterocycles. The van der Waals surface area contributed by atoms with Crippen LogP contribution < -0.4 is 4.74 Å². The number of rotatable bonds is 2. The number of ether oxygens (including phenoxy) is 1. The van der Waals surface area contributed by atoms with Crippen molar-refractivity contribution < 1.29 is 4.74 Å². The molecule has 1 fully saturated rings. The van der Waals surface area contributed by atoms with E-state index in [1.165, 1.54) is 32.1 Å². The van der Waals surface area contributed by atoms with Gasteiger partial charge in [-0.15, -0.1) is 0 Å². The summed E-state index contributed by atoms with van der Waals surface area (Å²) in [5, 5.41) is 1.75. The summed E-state index contributed by atoms with van der Waals surface area (Å²) in [7, 11) is 1.67. The van der Waals surface area contributed by atoms with Crippen LogP contribution in [-0.4, -0.2) is 12.1 Å². The summed E-state index contributed by atoms with van der Waals surface area (Å²) in [6.45, 7) is 0. The first-order valence-electron chi connectivity index (χ1n) is 6.92. The molecule has 0 bridgehead atoms. The van der Waals surface area contributed by atoms with Gasteiger partial charge in [0.1, 0.15) is 5.75 Å².